The molecule has 1 aliphatic heterocycles. The molecule has 1 aliphatic rings. The molecule has 0 aromatic carbocycles. The quantitative estimate of drug-likeness (QED) is 0.190. The number of ether oxygens (including phenoxy) is 1. The first-order valence-corrected chi connectivity index (χ1v) is 12.2. The van der Waals surface area contributed by atoms with Gasteiger partial charge in [0.05, 0.1) is 20.8 Å². The van der Waals surface area contributed by atoms with E-state index in [4.69, 9.17) is 10.5 Å². The molecule has 0 saturated carbocycles. The van der Waals surface area contributed by atoms with E-state index in [0.717, 1.165) is 12.7 Å². The Hall–Kier alpha value is -0.737. The number of phosphoric acid groups is 3. The first-order valence-electron chi connectivity index (χ1n) is 7.85. The first-order chi connectivity index (χ1) is 14.2. The van der Waals surface area contributed by atoms with Crippen LogP contribution in [0.25, 0.3) is 11.2 Å². The number of imidazole rings is 1. The Balaban J connectivity index is 0.00000363. The summed E-state index contributed by atoms with van der Waals surface area (Å²) in [6.45, 7) is -1.08. The van der Waals surface area contributed by atoms with Crippen molar-refractivity contribution in [2.24, 2.45) is 0 Å². The summed E-state index contributed by atoms with van der Waals surface area (Å²) in [7, 11) is -18.1. The van der Waals surface area contributed by atoms with Crippen LogP contribution in [0.15, 0.2) is 12.7 Å². The molecule has 22 heteroatoms. The monoisotopic (exact) mass is 605 g/mol. The largest absolute Gasteiger partial charge is 4.00 e. The fourth-order valence-corrected chi connectivity index (χ4v) is 5.47. The number of phosphoric ester groups is 1. The molecule has 178 valence electrons. The van der Waals surface area contributed by atoms with Gasteiger partial charge in [0.2, 0.25) is 0 Å². The predicted octanol–water partition coefficient (Wildman–Crippen LogP) is -4.16. The molecule has 2 aromatic heterocycles. The summed E-state index contributed by atoms with van der Waals surface area (Å²) in [5.74, 6) is 0.0195. The smallest absolute Gasteiger partial charge is 0.790 e. The minimum absolute atomic E-state index is 0. The van der Waals surface area contributed by atoms with E-state index in [1.54, 1.807) is 0 Å². The Morgan fingerprint density at radius 3 is 2.34 bits per heavy atom. The second kappa shape index (κ2) is 9.86. The van der Waals surface area contributed by atoms with Crippen LogP contribution in [0, 0.1) is 0 Å². The maximum atomic E-state index is 11.6. The molecule has 18 nitrogen and oxygen atoms in total. The molecule has 2 unspecified atom stereocenters. The molecule has 1 saturated heterocycles. The first kappa shape index (κ1) is 27.5. The van der Waals surface area contributed by atoms with Crippen LogP contribution in [0.1, 0.15) is 6.23 Å². The van der Waals surface area contributed by atoms with Crippen LogP contribution in [-0.2, 0) is 51.1 Å². The normalized spacial score (nSPS) is 27.6. The zero-order valence-electron chi connectivity index (χ0n) is 15.1. The molecule has 0 aliphatic carbocycles. The number of nitrogens with zero attached hydrogens (tertiary/aromatic N) is 4. The van der Waals surface area contributed by atoms with Gasteiger partial charge in [0.1, 0.15) is 30.2 Å². The number of aromatic nitrogens is 4. The van der Waals surface area contributed by atoms with Crippen LogP contribution in [0.4, 0.5) is 5.82 Å². The summed E-state index contributed by atoms with van der Waals surface area (Å²) in [5.41, 5.74) is 5.92. The fourth-order valence-electron chi connectivity index (χ4n) is 2.60. The van der Waals surface area contributed by atoms with Crippen LogP contribution in [0.2, 0.25) is 0 Å². The average molecular weight is 604 g/mol. The van der Waals surface area contributed by atoms with Gasteiger partial charge in [0.25, 0.3) is 15.6 Å². The number of hydrogen-bond acceptors (Lipinski definition) is 17. The molecule has 32 heavy (non-hydrogen) atoms. The third-order valence-corrected chi connectivity index (χ3v) is 7.46. The second-order valence-electron chi connectivity index (χ2n) is 5.93. The molecule has 0 amide bonds. The Bertz CT molecular complexity index is 1110. The summed E-state index contributed by atoms with van der Waals surface area (Å²) in [6.07, 6.45) is -3.99. The third-order valence-electron chi connectivity index (χ3n) is 3.80. The van der Waals surface area contributed by atoms with Gasteiger partial charge in [0.15, 0.2) is 17.7 Å². The SMILES string of the molecule is Nc1ncnc2c1ncn2[C@@H]1O[C@H](COP(=O)([O-])OP(=O)([O-])OP(=O)([O-])[O-])[C@@H](O)[C@H]1O.[Ru+4]. The molecule has 0 spiro atoms. The number of fused-ring (bicyclic) bond motifs is 1. The molecule has 0 radical (unpaired) electrons. The van der Waals surface area contributed by atoms with Crippen molar-refractivity contribution >= 4 is 40.4 Å². The topological polar surface area (TPSA) is 290 Å². The Labute approximate surface area is 190 Å². The van der Waals surface area contributed by atoms with Crippen LogP contribution in [0.3, 0.4) is 0 Å². The number of nitrogens with two attached hydrogens (primary N) is 1. The molecule has 3 rings (SSSR count). The van der Waals surface area contributed by atoms with Gasteiger partial charge in [-0.05, 0) is 0 Å². The number of aliphatic hydroxyl groups excluding tert-OH is 2. The average Bonchev–Trinajstić information content (AvgIpc) is 3.13. The summed E-state index contributed by atoms with van der Waals surface area (Å²) < 4.78 is 50.2. The second-order valence-corrected chi connectivity index (χ2v) is 10.2. The zero-order chi connectivity index (χ0) is 23.2. The van der Waals surface area contributed by atoms with E-state index in [1.165, 1.54) is 4.57 Å². The number of aliphatic hydroxyl groups is 2. The summed E-state index contributed by atoms with van der Waals surface area (Å²) in [5, 5.41) is 20.3. The van der Waals surface area contributed by atoms with Gasteiger partial charge in [-0.2, -0.15) is 0 Å². The van der Waals surface area contributed by atoms with Crippen molar-refractivity contribution in [1.82, 2.24) is 19.5 Å². The molecule has 1 fully saturated rings. The van der Waals surface area contributed by atoms with E-state index in [1.807, 2.05) is 0 Å². The van der Waals surface area contributed by atoms with Gasteiger partial charge in [-0.15, -0.1) is 0 Å². The minimum Gasteiger partial charge on any atom is -0.790 e. The summed E-state index contributed by atoms with van der Waals surface area (Å²) in [6, 6.07) is 0. The van der Waals surface area contributed by atoms with Gasteiger partial charge in [-0.3, -0.25) is 18.0 Å². The van der Waals surface area contributed by atoms with E-state index < -0.39 is 54.6 Å². The van der Waals surface area contributed by atoms with E-state index in [2.05, 4.69) is 28.1 Å². The Morgan fingerprint density at radius 1 is 1.06 bits per heavy atom. The van der Waals surface area contributed by atoms with Gasteiger partial charge >= 0.3 is 19.5 Å². The molecule has 0 bridgehead atoms. The van der Waals surface area contributed by atoms with Crippen molar-refractivity contribution in [3.8, 4) is 0 Å². The van der Waals surface area contributed by atoms with E-state index in [-0.39, 0.29) is 36.5 Å². The summed E-state index contributed by atoms with van der Waals surface area (Å²) >= 11 is 0. The van der Waals surface area contributed by atoms with Gasteiger partial charge in [-0.25, -0.2) is 19.3 Å². The van der Waals surface area contributed by atoms with Gasteiger partial charge < -0.3 is 49.3 Å². The number of anilines is 1. The number of nitrogen functional groups attached to an aromatic ring is 1. The molecule has 4 N–H and O–H groups in total. The maximum Gasteiger partial charge on any atom is 4.00 e. The van der Waals surface area contributed by atoms with Crippen molar-refractivity contribution < 1.29 is 80.8 Å². The number of rotatable bonds is 8. The van der Waals surface area contributed by atoms with E-state index >= 15 is 0 Å². The van der Waals surface area contributed by atoms with Gasteiger partial charge in [-0.1, -0.05) is 0 Å². The van der Waals surface area contributed by atoms with Crippen LogP contribution in [-0.4, -0.2) is 54.7 Å². The number of hydrogen-bond donors (Lipinski definition) is 3. The molecule has 3 heterocycles. The standard InChI is InChI=1S/C10H16N5O13P3.Ru/c11-8-5-9(13-2-12-8)15(3-14-5)10-7(17)6(16)4(26-10)1-25-30(21,22)28-31(23,24)27-29(18,19)20;/h2-4,6-7,10,16-17H,1H2,(H,21,22)(H,23,24)(H2,11,12,13)(H2,18,19,20);/q;+4/p-4/t4-,6-,7-,10-;/m1./s1. The molecular formula is C10H12N5O13P3Ru. The molecule has 2 aromatic rings. The van der Waals surface area contributed by atoms with Crippen LogP contribution >= 0.6 is 23.5 Å². The van der Waals surface area contributed by atoms with Crippen molar-refractivity contribution in [3.05, 3.63) is 12.7 Å². The van der Waals surface area contributed by atoms with Crippen molar-refractivity contribution in [2.45, 2.75) is 24.5 Å². The van der Waals surface area contributed by atoms with E-state index in [9.17, 15) is 43.5 Å². The van der Waals surface area contributed by atoms with Gasteiger partial charge in [0, 0.05) is 0 Å². The Kier molecular flexibility index (Phi) is 8.48. The Morgan fingerprint density at radius 2 is 1.72 bits per heavy atom. The van der Waals surface area contributed by atoms with Crippen molar-refractivity contribution in [1.29, 1.82) is 0 Å². The van der Waals surface area contributed by atoms with Crippen LogP contribution in [0.5, 0.6) is 0 Å². The van der Waals surface area contributed by atoms with Crippen molar-refractivity contribution in [3.63, 3.8) is 0 Å². The van der Waals surface area contributed by atoms with Crippen LogP contribution < -0.4 is 25.3 Å². The maximum absolute atomic E-state index is 11.6. The predicted molar refractivity (Wildman–Crippen MR) is 86.6 cm³/mol. The molecule has 6 atom stereocenters. The zero-order valence-corrected chi connectivity index (χ0v) is 19.5. The fraction of sp³-hybridized carbons (Fsp3) is 0.500. The third kappa shape index (κ3) is 6.44. The summed E-state index contributed by atoms with van der Waals surface area (Å²) in [4.78, 5) is 54.9. The minimum atomic E-state index is -6.14. The van der Waals surface area contributed by atoms with Crippen molar-refractivity contribution in [2.75, 3.05) is 12.3 Å². The van der Waals surface area contributed by atoms with E-state index in [0.29, 0.717) is 0 Å². The molecular weight excluding hydrogens is 592 g/mol.